The van der Waals surface area contributed by atoms with E-state index >= 15 is 0 Å². The van der Waals surface area contributed by atoms with Gasteiger partial charge in [-0.1, -0.05) is 23.7 Å². The van der Waals surface area contributed by atoms with Gasteiger partial charge in [-0.2, -0.15) is 0 Å². The molecular weight excluding hydrogens is 244 g/mol. The third-order valence-corrected chi connectivity index (χ3v) is 4.55. The fourth-order valence-corrected chi connectivity index (χ4v) is 2.85. The van der Waals surface area contributed by atoms with Gasteiger partial charge in [0.05, 0.1) is 0 Å². The second kappa shape index (κ2) is 5.60. The molecule has 1 aromatic carbocycles. The summed E-state index contributed by atoms with van der Waals surface area (Å²) in [7, 11) is 0. The molecule has 1 aromatic rings. The first-order valence-corrected chi connectivity index (χ1v) is 7.13. The normalized spacial score (nSPS) is 33.6. The Morgan fingerprint density at radius 2 is 1.50 bits per heavy atom. The van der Waals surface area contributed by atoms with Crippen LogP contribution < -0.4 is 5.32 Å². The molecule has 2 nitrogen and oxygen atoms in total. The lowest BCUT2D eigenvalue weighted by Crippen LogP contribution is -2.63. The van der Waals surface area contributed by atoms with Crippen LogP contribution in [0.4, 0.5) is 0 Å². The molecule has 0 unspecified atom stereocenters. The Bertz CT molecular complexity index is 376. The predicted molar refractivity (Wildman–Crippen MR) is 78.0 cm³/mol. The van der Waals surface area contributed by atoms with Crippen molar-refractivity contribution in [2.75, 3.05) is 0 Å². The van der Waals surface area contributed by atoms with Gasteiger partial charge in [0.15, 0.2) is 0 Å². The highest BCUT2D eigenvalue weighted by atomic mass is 35.5. The molecule has 1 N–H and O–H groups in total. The van der Waals surface area contributed by atoms with Gasteiger partial charge in [-0.05, 0) is 45.4 Å². The largest absolute Gasteiger partial charge is 0.309 e. The summed E-state index contributed by atoms with van der Waals surface area (Å²) < 4.78 is 0. The zero-order valence-corrected chi connectivity index (χ0v) is 12.4. The van der Waals surface area contributed by atoms with E-state index in [0.29, 0.717) is 24.2 Å². The number of piperazine rings is 1. The molecule has 3 heteroatoms. The highest BCUT2D eigenvalue weighted by Crippen LogP contribution is 2.22. The SMILES string of the molecule is C[C@@H]1N[C@H](C)[C@@H](C)N(Cc2ccc(Cl)cc2)[C@H]1C. The predicted octanol–water partition coefficient (Wildman–Crippen LogP) is 3.30. The molecule has 0 spiro atoms. The average molecular weight is 267 g/mol. The van der Waals surface area contributed by atoms with Crippen LogP contribution in [0.1, 0.15) is 33.3 Å². The standard InChI is InChI=1S/C15H23ClN2/c1-10-12(3)18(13(4)11(2)17-10)9-14-5-7-15(16)8-6-14/h5-8,10-13,17H,9H2,1-4H3/t10-,11+,12-,13+. The molecule has 100 valence electrons. The van der Waals surface area contributed by atoms with Crippen LogP contribution in [0.5, 0.6) is 0 Å². The minimum Gasteiger partial charge on any atom is -0.309 e. The van der Waals surface area contributed by atoms with Gasteiger partial charge in [-0.15, -0.1) is 0 Å². The molecule has 1 fully saturated rings. The van der Waals surface area contributed by atoms with Crippen LogP contribution in [0, 0.1) is 0 Å². The molecule has 1 saturated heterocycles. The molecule has 0 aromatic heterocycles. The molecule has 0 amide bonds. The van der Waals surface area contributed by atoms with Crippen molar-refractivity contribution in [2.24, 2.45) is 0 Å². The maximum Gasteiger partial charge on any atom is 0.0406 e. The van der Waals surface area contributed by atoms with E-state index in [1.54, 1.807) is 0 Å². The first kappa shape index (κ1) is 13.9. The Hall–Kier alpha value is -0.570. The lowest BCUT2D eigenvalue weighted by atomic mass is 9.96. The zero-order chi connectivity index (χ0) is 13.3. The van der Waals surface area contributed by atoms with Crippen LogP contribution in [0.15, 0.2) is 24.3 Å². The smallest absolute Gasteiger partial charge is 0.0406 e. The van der Waals surface area contributed by atoms with E-state index in [0.717, 1.165) is 11.6 Å². The highest BCUT2D eigenvalue weighted by Gasteiger charge is 2.33. The lowest BCUT2D eigenvalue weighted by Gasteiger charge is -2.47. The Labute approximate surface area is 115 Å². The van der Waals surface area contributed by atoms with Crippen molar-refractivity contribution >= 4 is 11.6 Å². The molecule has 4 atom stereocenters. The maximum atomic E-state index is 5.93. The molecule has 0 bridgehead atoms. The van der Waals surface area contributed by atoms with Gasteiger partial charge in [0.2, 0.25) is 0 Å². The van der Waals surface area contributed by atoms with Crippen molar-refractivity contribution in [1.29, 1.82) is 0 Å². The van der Waals surface area contributed by atoms with E-state index in [1.165, 1.54) is 5.56 Å². The second-order valence-corrected chi connectivity index (χ2v) is 5.96. The van der Waals surface area contributed by atoms with E-state index in [4.69, 9.17) is 11.6 Å². The van der Waals surface area contributed by atoms with E-state index in [1.807, 2.05) is 12.1 Å². The van der Waals surface area contributed by atoms with Crippen molar-refractivity contribution in [1.82, 2.24) is 10.2 Å². The van der Waals surface area contributed by atoms with Gasteiger partial charge >= 0.3 is 0 Å². The molecular formula is C15H23ClN2. The van der Waals surface area contributed by atoms with E-state index in [9.17, 15) is 0 Å². The van der Waals surface area contributed by atoms with Crippen molar-refractivity contribution in [3.8, 4) is 0 Å². The summed E-state index contributed by atoms with van der Waals surface area (Å²) >= 11 is 5.93. The molecule has 1 aliphatic heterocycles. The maximum absolute atomic E-state index is 5.93. The first-order chi connectivity index (χ1) is 8.49. The van der Waals surface area contributed by atoms with Crippen LogP contribution in [0.2, 0.25) is 5.02 Å². The van der Waals surface area contributed by atoms with Crippen LogP contribution in [0.3, 0.4) is 0 Å². The molecule has 0 saturated carbocycles. The van der Waals surface area contributed by atoms with Gasteiger partial charge < -0.3 is 5.32 Å². The van der Waals surface area contributed by atoms with Crippen molar-refractivity contribution in [3.63, 3.8) is 0 Å². The molecule has 18 heavy (non-hydrogen) atoms. The number of rotatable bonds is 2. The Balaban J connectivity index is 2.12. The first-order valence-electron chi connectivity index (χ1n) is 6.75. The average Bonchev–Trinajstić information content (AvgIpc) is 2.34. The van der Waals surface area contributed by atoms with Crippen molar-refractivity contribution in [3.05, 3.63) is 34.9 Å². The van der Waals surface area contributed by atoms with Crippen LogP contribution in [-0.2, 0) is 6.54 Å². The minimum absolute atomic E-state index is 0.531. The summed E-state index contributed by atoms with van der Waals surface area (Å²) in [6, 6.07) is 10.4. The number of halogens is 1. The van der Waals surface area contributed by atoms with Crippen molar-refractivity contribution in [2.45, 2.75) is 58.4 Å². The van der Waals surface area contributed by atoms with Gasteiger partial charge in [-0.25, -0.2) is 0 Å². The monoisotopic (exact) mass is 266 g/mol. The lowest BCUT2D eigenvalue weighted by molar-refractivity contribution is 0.0515. The number of nitrogens with one attached hydrogen (secondary N) is 1. The number of nitrogens with zero attached hydrogens (tertiary/aromatic N) is 1. The quantitative estimate of drug-likeness (QED) is 0.884. The van der Waals surface area contributed by atoms with Gasteiger partial charge in [0.1, 0.15) is 0 Å². The Morgan fingerprint density at radius 1 is 1.00 bits per heavy atom. The summed E-state index contributed by atoms with van der Waals surface area (Å²) in [4.78, 5) is 2.58. The highest BCUT2D eigenvalue weighted by molar-refractivity contribution is 6.30. The van der Waals surface area contributed by atoms with Crippen molar-refractivity contribution < 1.29 is 0 Å². The van der Waals surface area contributed by atoms with Crippen LogP contribution in [0.25, 0.3) is 0 Å². The number of benzene rings is 1. The fraction of sp³-hybridized carbons (Fsp3) is 0.600. The Morgan fingerprint density at radius 3 is 2.00 bits per heavy atom. The number of hydrogen-bond donors (Lipinski definition) is 1. The van der Waals surface area contributed by atoms with Gasteiger partial charge in [0, 0.05) is 35.7 Å². The third-order valence-electron chi connectivity index (χ3n) is 4.30. The molecule has 1 aliphatic rings. The summed E-state index contributed by atoms with van der Waals surface area (Å²) in [6.45, 7) is 10.1. The topological polar surface area (TPSA) is 15.3 Å². The van der Waals surface area contributed by atoms with E-state index < -0.39 is 0 Å². The molecule has 0 aliphatic carbocycles. The Kier molecular flexibility index (Phi) is 4.31. The minimum atomic E-state index is 0.531. The summed E-state index contributed by atoms with van der Waals surface area (Å²) in [6.07, 6.45) is 0. The second-order valence-electron chi connectivity index (χ2n) is 5.52. The molecule has 2 rings (SSSR count). The summed E-state index contributed by atoms with van der Waals surface area (Å²) in [5.74, 6) is 0. The van der Waals surface area contributed by atoms with E-state index in [-0.39, 0.29) is 0 Å². The third kappa shape index (κ3) is 2.87. The fourth-order valence-electron chi connectivity index (χ4n) is 2.73. The van der Waals surface area contributed by atoms with Gasteiger partial charge in [-0.3, -0.25) is 4.90 Å². The van der Waals surface area contributed by atoms with Crippen LogP contribution >= 0.6 is 11.6 Å². The summed E-state index contributed by atoms with van der Waals surface area (Å²) in [5.41, 5.74) is 1.33. The zero-order valence-electron chi connectivity index (χ0n) is 11.7. The summed E-state index contributed by atoms with van der Waals surface area (Å²) in [5, 5.41) is 4.45. The van der Waals surface area contributed by atoms with Gasteiger partial charge in [0.25, 0.3) is 0 Å². The number of hydrogen-bond acceptors (Lipinski definition) is 2. The van der Waals surface area contributed by atoms with Crippen LogP contribution in [-0.4, -0.2) is 29.1 Å². The molecule has 0 radical (unpaired) electrons. The van der Waals surface area contributed by atoms with E-state index in [2.05, 4.69) is 50.0 Å². The molecule has 1 heterocycles.